The molecular formula is C17H16F3N3O4. The molecule has 0 radical (unpaired) electrons. The van der Waals surface area contributed by atoms with E-state index in [0.717, 1.165) is 12.1 Å². The Balaban J connectivity index is 1.91. The Hall–Kier alpha value is -3.14. The maximum atomic E-state index is 12.1. The summed E-state index contributed by atoms with van der Waals surface area (Å²) in [5.41, 5.74) is 0.727. The Morgan fingerprint density at radius 3 is 2.41 bits per heavy atom. The van der Waals surface area contributed by atoms with E-state index in [2.05, 4.69) is 10.1 Å². The highest BCUT2D eigenvalue weighted by molar-refractivity contribution is 5.92. The Morgan fingerprint density at radius 2 is 1.81 bits per heavy atom. The molecule has 2 aromatic carbocycles. The minimum Gasteiger partial charge on any atom is -0.406 e. The predicted molar refractivity (Wildman–Crippen MR) is 91.2 cm³/mol. The number of benzene rings is 2. The van der Waals surface area contributed by atoms with Crippen molar-refractivity contribution in [3.63, 3.8) is 0 Å². The van der Waals surface area contributed by atoms with Crippen molar-refractivity contribution in [1.82, 2.24) is 4.90 Å². The fraction of sp³-hybridized carbons (Fsp3) is 0.235. The van der Waals surface area contributed by atoms with Gasteiger partial charge in [0, 0.05) is 23.9 Å². The predicted octanol–water partition coefficient (Wildman–Crippen LogP) is 3.56. The van der Waals surface area contributed by atoms with Gasteiger partial charge in [0.25, 0.3) is 5.69 Å². The van der Waals surface area contributed by atoms with Crippen molar-refractivity contribution in [3.05, 3.63) is 64.2 Å². The molecule has 1 amide bonds. The molecule has 0 bridgehead atoms. The number of hydrogen-bond donors (Lipinski definition) is 1. The molecule has 10 heteroatoms. The zero-order valence-electron chi connectivity index (χ0n) is 14.2. The summed E-state index contributed by atoms with van der Waals surface area (Å²) in [6, 6.07) is 10.9. The van der Waals surface area contributed by atoms with Crippen molar-refractivity contribution >= 4 is 17.3 Å². The molecule has 0 saturated carbocycles. The highest BCUT2D eigenvalue weighted by Gasteiger charge is 2.31. The lowest BCUT2D eigenvalue weighted by molar-refractivity contribution is -0.385. The molecule has 0 aromatic heterocycles. The highest BCUT2D eigenvalue weighted by atomic mass is 19.4. The number of hydrogen-bond acceptors (Lipinski definition) is 5. The number of carbonyl (C=O) groups is 1. The van der Waals surface area contributed by atoms with Crippen LogP contribution in [-0.2, 0) is 11.3 Å². The van der Waals surface area contributed by atoms with E-state index in [1.807, 2.05) is 0 Å². The van der Waals surface area contributed by atoms with Gasteiger partial charge in [-0.1, -0.05) is 18.2 Å². The number of rotatable bonds is 7. The zero-order valence-corrected chi connectivity index (χ0v) is 14.2. The smallest absolute Gasteiger partial charge is 0.406 e. The van der Waals surface area contributed by atoms with Crippen LogP contribution in [0.2, 0.25) is 0 Å². The number of nitrogens with zero attached hydrogens (tertiary/aromatic N) is 2. The van der Waals surface area contributed by atoms with Crippen molar-refractivity contribution < 1.29 is 27.6 Å². The first-order valence-electron chi connectivity index (χ1n) is 7.70. The number of nitro benzene ring substituents is 1. The first-order chi connectivity index (χ1) is 12.6. The Labute approximate surface area is 152 Å². The minimum absolute atomic E-state index is 0.0370. The molecule has 0 aliphatic heterocycles. The monoisotopic (exact) mass is 383 g/mol. The van der Waals surface area contributed by atoms with Gasteiger partial charge in [-0.2, -0.15) is 0 Å². The standard InChI is InChI=1S/C17H16F3N3O4/c1-22(10-12-4-2-3-5-15(12)23(25)26)11-16(24)21-13-6-8-14(9-7-13)27-17(18,19)20/h2-9H,10-11H2,1H3,(H,21,24). The van der Waals surface area contributed by atoms with E-state index in [1.165, 1.54) is 18.2 Å². The zero-order chi connectivity index (χ0) is 20.0. The number of alkyl halides is 3. The molecule has 0 heterocycles. The van der Waals surface area contributed by atoms with Crippen LogP contribution in [0.15, 0.2) is 48.5 Å². The van der Waals surface area contributed by atoms with E-state index in [4.69, 9.17) is 0 Å². The third kappa shape index (κ3) is 6.59. The van der Waals surface area contributed by atoms with Gasteiger partial charge in [0.1, 0.15) is 5.75 Å². The van der Waals surface area contributed by atoms with Crippen molar-refractivity contribution in [2.45, 2.75) is 12.9 Å². The molecule has 0 saturated heterocycles. The van der Waals surface area contributed by atoms with E-state index in [0.29, 0.717) is 11.3 Å². The number of likely N-dealkylation sites (N-methyl/N-ethyl adjacent to an activating group) is 1. The van der Waals surface area contributed by atoms with Gasteiger partial charge >= 0.3 is 6.36 Å². The maximum Gasteiger partial charge on any atom is 0.573 e. The molecule has 1 N–H and O–H groups in total. The molecule has 7 nitrogen and oxygen atoms in total. The fourth-order valence-corrected chi connectivity index (χ4v) is 2.35. The first kappa shape index (κ1) is 20.2. The van der Waals surface area contributed by atoms with Gasteiger partial charge in [-0.25, -0.2) is 0 Å². The summed E-state index contributed by atoms with van der Waals surface area (Å²) < 4.78 is 40.1. The highest BCUT2D eigenvalue weighted by Crippen LogP contribution is 2.24. The Bertz CT molecular complexity index is 810. The summed E-state index contributed by atoms with van der Waals surface area (Å²) in [5.74, 6) is -0.811. The molecule has 0 aliphatic rings. The average Bonchev–Trinajstić information content (AvgIpc) is 2.55. The number of para-hydroxylation sites is 1. The molecule has 2 aromatic rings. The van der Waals surface area contributed by atoms with Crippen LogP contribution in [0.3, 0.4) is 0 Å². The number of halogens is 3. The van der Waals surface area contributed by atoms with Crippen molar-refractivity contribution in [1.29, 1.82) is 0 Å². The molecule has 27 heavy (non-hydrogen) atoms. The fourth-order valence-electron chi connectivity index (χ4n) is 2.35. The number of anilines is 1. The third-order valence-corrected chi connectivity index (χ3v) is 3.41. The lowest BCUT2D eigenvalue weighted by atomic mass is 10.1. The quantitative estimate of drug-likeness (QED) is 0.584. The van der Waals surface area contributed by atoms with Crippen molar-refractivity contribution in [2.75, 3.05) is 18.9 Å². The molecule has 2 rings (SSSR count). The van der Waals surface area contributed by atoms with E-state index >= 15 is 0 Å². The van der Waals surface area contributed by atoms with E-state index in [-0.39, 0.29) is 18.8 Å². The summed E-state index contributed by atoms with van der Waals surface area (Å²) >= 11 is 0. The molecule has 0 spiro atoms. The van der Waals surface area contributed by atoms with Gasteiger partial charge in [-0.3, -0.25) is 19.8 Å². The lowest BCUT2D eigenvalue weighted by Crippen LogP contribution is -2.30. The number of nitro groups is 1. The van der Waals surface area contributed by atoms with Gasteiger partial charge in [0.2, 0.25) is 5.91 Å². The number of nitrogens with one attached hydrogen (secondary N) is 1. The average molecular weight is 383 g/mol. The van der Waals surface area contributed by atoms with E-state index < -0.39 is 22.9 Å². The number of ether oxygens (including phenoxy) is 1. The first-order valence-corrected chi connectivity index (χ1v) is 7.70. The van der Waals surface area contributed by atoms with Crippen LogP contribution < -0.4 is 10.1 Å². The number of amides is 1. The summed E-state index contributed by atoms with van der Waals surface area (Å²) in [5, 5.41) is 13.5. The van der Waals surface area contributed by atoms with Crippen LogP contribution in [0.4, 0.5) is 24.5 Å². The maximum absolute atomic E-state index is 12.1. The molecule has 0 aliphatic carbocycles. The normalized spacial score (nSPS) is 11.3. The second kappa shape index (κ2) is 8.49. The summed E-state index contributed by atoms with van der Waals surface area (Å²) in [6.45, 7) is 0.121. The Morgan fingerprint density at radius 1 is 1.19 bits per heavy atom. The number of carbonyl (C=O) groups excluding carboxylic acids is 1. The van der Waals surface area contributed by atoms with E-state index in [9.17, 15) is 28.1 Å². The summed E-state index contributed by atoms with van der Waals surface area (Å²) in [6.07, 6.45) is -4.78. The molecular weight excluding hydrogens is 367 g/mol. The van der Waals surface area contributed by atoms with Crippen LogP contribution in [0, 0.1) is 10.1 Å². The second-order valence-electron chi connectivity index (χ2n) is 5.68. The topological polar surface area (TPSA) is 84.7 Å². The van der Waals surface area contributed by atoms with Crippen molar-refractivity contribution in [2.24, 2.45) is 0 Å². The SMILES string of the molecule is CN(CC(=O)Nc1ccc(OC(F)(F)F)cc1)Cc1ccccc1[N+](=O)[O-]. The van der Waals surface area contributed by atoms with Gasteiger partial charge in [0.05, 0.1) is 11.5 Å². The lowest BCUT2D eigenvalue weighted by Gasteiger charge is -2.16. The van der Waals surface area contributed by atoms with Gasteiger partial charge < -0.3 is 10.1 Å². The van der Waals surface area contributed by atoms with Gasteiger partial charge in [-0.15, -0.1) is 13.2 Å². The van der Waals surface area contributed by atoms with Crippen LogP contribution >= 0.6 is 0 Å². The van der Waals surface area contributed by atoms with Gasteiger partial charge in [-0.05, 0) is 31.3 Å². The third-order valence-electron chi connectivity index (χ3n) is 3.41. The molecule has 0 atom stereocenters. The largest absolute Gasteiger partial charge is 0.573 e. The molecule has 144 valence electrons. The van der Waals surface area contributed by atoms with Gasteiger partial charge in [0.15, 0.2) is 0 Å². The molecule has 0 unspecified atom stereocenters. The van der Waals surface area contributed by atoms with Crippen LogP contribution in [0.25, 0.3) is 0 Å². The summed E-state index contributed by atoms with van der Waals surface area (Å²) in [4.78, 5) is 24.1. The minimum atomic E-state index is -4.78. The van der Waals surface area contributed by atoms with Crippen LogP contribution in [0.5, 0.6) is 5.75 Å². The van der Waals surface area contributed by atoms with Crippen LogP contribution in [-0.4, -0.2) is 35.7 Å². The van der Waals surface area contributed by atoms with E-state index in [1.54, 1.807) is 30.1 Å². The molecule has 0 fully saturated rings. The van der Waals surface area contributed by atoms with Crippen molar-refractivity contribution in [3.8, 4) is 5.75 Å². The second-order valence-corrected chi connectivity index (χ2v) is 5.68. The summed E-state index contributed by atoms with van der Waals surface area (Å²) in [7, 11) is 1.62. The Kier molecular flexibility index (Phi) is 6.35. The van der Waals surface area contributed by atoms with Crippen LogP contribution in [0.1, 0.15) is 5.56 Å².